The van der Waals surface area contributed by atoms with Gasteiger partial charge in [-0.05, 0) is 42.9 Å². The summed E-state index contributed by atoms with van der Waals surface area (Å²) < 4.78 is 25.2. The standard InChI is InChI=1S/C20H27N3O3S.C4H4O4/c1-4-22(5-2)16-20(24)23(15-17-9-7-6-8-10-17)19-13-11-18(12-14-19)21-27(3,25)26;5-3(6)1-2-4(7)8/h6-14,21H,4-5,15-16H2,1-3H3;1-2H,(H,5,6)(H,7,8)/b;2-1+. The lowest BCUT2D eigenvalue weighted by Crippen LogP contribution is -2.40. The zero-order valence-corrected chi connectivity index (χ0v) is 20.7. The number of amides is 1. The highest BCUT2D eigenvalue weighted by molar-refractivity contribution is 7.92. The monoisotopic (exact) mass is 505 g/mol. The Balaban J connectivity index is 0.000000658. The second-order valence-electron chi connectivity index (χ2n) is 7.36. The van der Waals surface area contributed by atoms with Crippen molar-refractivity contribution in [2.24, 2.45) is 0 Å². The Morgan fingerprint density at radius 3 is 1.83 bits per heavy atom. The normalized spacial score (nSPS) is 11.0. The zero-order valence-electron chi connectivity index (χ0n) is 19.9. The van der Waals surface area contributed by atoms with Gasteiger partial charge in [-0.2, -0.15) is 0 Å². The molecule has 0 atom stereocenters. The van der Waals surface area contributed by atoms with E-state index in [1.807, 2.05) is 44.2 Å². The van der Waals surface area contributed by atoms with Gasteiger partial charge >= 0.3 is 11.9 Å². The van der Waals surface area contributed by atoms with E-state index in [1.54, 1.807) is 29.2 Å². The van der Waals surface area contributed by atoms with Gasteiger partial charge in [-0.25, -0.2) is 18.0 Å². The maximum absolute atomic E-state index is 13.0. The number of aliphatic carboxylic acids is 2. The molecule has 0 aliphatic rings. The predicted octanol–water partition coefficient (Wildman–Crippen LogP) is 2.64. The first kappa shape index (κ1) is 29.3. The number of nitrogens with zero attached hydrogens (tertiary/aromatic N) is 2. The molecule has 0 aliphatic carbocycles. The Morgan fingerprint density at radius 2 is 1.40 bits per heavy atom. The summed E-state index contributed by atoms with van der Waals surface area (Å²) in [6.45, 7) is 6.47. The number of sulfonamides is 1. The van der Waals surface area contributed by atoms with Crippen LogP contribution in [-0.4, -0.2) is 67.3 Å². The number of likely N-dealkylation sites (N-methyl/N-ethyl adjacent to an activating group) is 1. The molecule has 3 N–H and O–H groups in total. The third-order valence-electron chi connectivity index (χ3n) is 4.59. The van der Waals surface area contributed by atoms with Crippen molar-refractivity contribution < 1.29 is 33.0 Å². The molecule has 10 nitrogen and oxygen atoms in total. The molecular weight excluding hydrogens is 474 g/mol. The first-order chi connectivity index (χ1) is 16.4. The van der Waals surface area contributed by atoms with Gasteiger partial charge in [0.25, 0.3) is 0 Å². The number of nitrogens with one attached hydrogen (secondary N) is 1. The van der Waals surface area contributed by atoms with E-state index in [2.05, 4.69) is 9.62 Å². The second-order valence-corrected chi connectivity index (χ2v) is 9.11. The Hall–Kier alpha value is -3.70. The molecule has 11 heteroatoms. The van der Waals surface area contributed by atoms with Crippen molar-refractivity contribution in [3.05, 3.63) is 72.3 Å². The molecule has 1 amide bonds. The van der Waals surface area contributed by atoms with Crippen LogP contribution in [0.25, 0.3) is 0 Å². The van der Waals surface area contributed by atoms with Crippen LogP contribution >= 0.6 is 0 Å². The minimum Gasteiger partial charge on any atom is -0.478 e. The highest BCUT2D eigenvalue weighted by Crippen LogP contribution is 2.21. The molecule has 0 spiro atoms. The lowest BCUT2D eigenvalue weighted by atomic mass is 10.2. The number of hydrogen-bond donors (Lipinski definition) is 3. The fourth-order valence-electron chi connectivity index (χ4n) is 2.88. The van der Waals surface area contributed by atoms with E-state index < -0.39 is 22.0 Å². The molecule has 0 saturated heterocycles. The number of carbonyl (C=O) groups excluding carboxylic acids is 1. The molecule has 0 saturated carbocycles. The van der Waals surface area contributed by atoms with Crippen molar-refractivity contribution in [1.29, 1.82) is 0 Å². The molecule has 190 valence electrons. The van der Waals surface area contributed by atoms with Gasteiger partial charge in [-0.1, -0.05) is 44.2 Å². The summed E-state index contributed by atoms with van der Waals surface area (Å²) in [7, 11) is -3.34. The highest BCUT2D eigenvalue weighted by atomic mass is 32.2. The summed E-state index contributed by atoms with van der Waals surface area (Å²) in [4.78, 5) is 35.9. The number of carbonyl (C=O) groups is 3. The Kier molecular flexibility index (Phi) is 12.2. The maximum Gasteiger partial charge on any atom is 0.328 e. The summed E-state index contributed by atoms with van der Waals surface area (Å²) in [5, 5.41) is 15.6. The molecule has 2 aromatic carbocycles. The van der Waals surface area contributed by atoms with Crippen LogP contribution in [0.3, 0.4) is 0 Å². The second kappa shape index (κ2) is 14.5. The first-order valence-corrected chi connectivity index (χ1v) is 12.6. The molecule has 2 rings (SSSR count). The quantitative estimate of drug-likeness (QED) is 0.395. The summed E-state index contributed by atoms with van der Waals surface area (Å²) in [5.41, 5.74) is 2.23. The van der Waals surface area contributed by atoms with Gasteiger partial charge in [-0.3, -0.25) is 14.4 Å². The number of anilines is 2. The molecule has 0 aliphatic heterocycles. The first-order valence-electron chi connectivity index (χ1n) is 10.7. The highest BCUT2D eigenvalue weighted by Gasteiger charge is 2.18. The van der Waals surface area contributed by atoms with Crippen molar-refractivity contribution in [3.63, 3.8) is 0 Å². The molecule has 0 fully saturated rings. The number of carboxylic acid groups (broad SMARTS) is 2. The van der Waals surface area contributed by atoms with Crippen LogP contribution in [0, 0.1) is 0 Å². The summed E-state index contributed by atoms with van der Waals surface area (Å²) in [5.74, 6) is -2.51. The van der Waals surface area contributed by atoms with Gasteiger partial charge in [0, 0.05) is 23.5 Å². The summed E-state index contributed by atoms with van der Waals surface area (Å²) in [6, 6.07) is 16.7. The average molecular weight is 506 g/mol. The molecular formula is C24H31N3O7S. The van der Waals surface area contributed by atoms with E-state index in [-0.39, 0.29) is 5.91 Å². The topological polar surface area (TPSA) is 144 Å². The molecule has 0 heterocycles. The lowest BCUT2D eigenvalue weighted by molar-refractivity contribution is -0.134. The van der Waals surface area contributed by atoms with Crippen LogP contribution in [0.4, 0.5) is 11.4 Å². The van der Waals surface area contributed by atoms with Gasteiger partial charge in [0.2, 0.25) is 15.9 Å². The SMILES string of the molecule is CCN(CC)CC(=O)N(Cc1ccccc1)c1ccc(NS(C)(=O)=O)cc1.O=C(O)/C=C/C(=O)O. The van der Waals surface area contributed by atoms with Crippen molar-refractivity contribution in [1.82, 2.24) is 4.90 Å². The number of carboxylic acids is 2. The van der Waals surface area contributed by atoms with E-state index >= 15 is 0 Å². The van der Waals surface area contributed by atoms with Crippen LogP contribution in [0.2, 0.25) is 0 Å². The van der Waals surface area contributed by atoms with Crippen molar-refractivity contribution in [2.45, 2.75) is 20.4 Å². The van der Waals surface area contributed by atoms with Gasteiger partial charge in [0.1, 0.15) is 0 Å². The minimum atomic E-state index is -3.34. The van der Waals surface area contributed by atoms with E-state index in [1.165, 1.54) is 0 Å². The average Bonchev–Trinajstić information content (AvgIpc) is 2.80. The number of benzene rings is 2. The maximum atomic E-state index is 13.0. The molecule has 0 bridgehead atoms. The van der Waals surface area contributed by atoms with Crippen LogP contribution in [0.1, 0.15) is 19.4 Å². The Morgan fingerprint density at radius 1 is 0.886 bits per heavy atom. The van der Waals surface area contributed by atoms with Gasteiger partial charge < -0.3 is 15.1 Å². The van der Waals surface area contributed by atoms with Gasteiger partial charge in [0.15, 0.2) is 0 Å². The van der Waals surface area contributed by atoms with Crippen LogP contribution < -0.4 is 9.62 Å². The van der Waals surface area contributed by atoms with Crippen LogP contribution in [-0.2, 0) is 31.0 Å². The fraction of sp³-hybridized carbons (Fsp3) is 0.292. The van der Waals surface area contributed by atoms with Gasteiger partial charge in [-0.15, -0.1) is 0 Å². The van der Waals surface area contributed by atoms with Crippen LogP contribution in [0.5, 0.6) is 0 Å². The predicted molar refractivity (Wildman–Crippen MR) is 135 cm³/mol. The van der Waals surface area contributed by atoms with E-state index in [0.717, 1.165) is 30.6 Å². The third-order valence-corrected chi connectivity index (χ3v) is 5.20. The molecule has 0 unspecified atom stereocenters. The molecule has 0 aromatic heterocycles. The molecule has 35 heavy (non-hydrogen) atoms. The third kappa shape index (κ3) is 12.4. The Bertz CT molecular complexity index is 1080. The van der Waals surface area contributed by atoms with Crippen molar-refractivity contribution in [3.8, 4) is 0 Å². The Labute approximate surface area is 205 Å². The van der Waals surface area contributed by atoms with Crippen molar-refractivity contribution >= 4 is 39.2 Å². The zero-order chi connectivity index (χ0) is 26.4. The number of rotatable bonds is 11. The van der Waals surface area contributed by atoms with Crippen molar-refractivity contribution in [2.75, 3.05) is 35.5 Å². The summed E-state index contributed by atoms with van der Waals surface area (Å²) >= 11 is 0. The number of hydrogen-bond acceptors (Lipinski definition) is 6. The van der Waals surface area contributed by atoms with E-state index in [0.29, 0.717) is 30.9 Å². The largest absolute Gasteiger partial charge is 0.478 e. The van der Waals surface area contributed by atoms with Gasteiger partial charge in [0.05, 0.1) is 19.3 Å². The summed E-state index contributed by atoms with van der Waals surface area (Å²) in [6.07, 6.45) is 2.22. The minimum absolute atomic E-state index is 0.00590. The van der Waals surface area contributed by atoms with E-state index in [9.17, 15) is 22.8 Å². The van der Waals surface area contributed by atoms with E-state index in [4.69, 9.17) is 10.2 Å². The lowest BCUT2D eigenvalue weighted by Gasteiger charge is -2.26. The smallest absolute Gasteiger partial charge is 0.328 e. The fourth-order valence-corrected chi connectivity index (χ4v) is 3.44. The molecule has 0 radical (unpaired) electrons. The van der Waals surface area contributed by atoms with Crippen LogP contribution in [0.15, 0.2) is 66.7 Å². The molecule has 2 aromatic rings.